The minimum atomic E-state index is 0.141. The molecule has 0 unspecified atom stereocenters. The molecule has 0 aliphatic carbocycles. The standard InChI is InChI=1S/C15H25N3O/c1-12(2)19-14-7-5-6-13(15(14)16)17-8-11-18-9-3-4-10-18/h5-7,12,17H,3-4,8-11,16H2,1-2H3. The lowest BCUT2D eigenvalue weighted by atomic mass is 10.2. The first-order valence-electron chi connectivity index (χ1n) is 7.18. The Labute approximate surface area is 115 Å². The summed E-state index contributed by atoms with van der Waals surface area (Å²) in [6, 6.07) is 5.90. The monoisotopic (exact) mass is 263 g/mol. The highest BCUT2D eigenvalue weighted by Crippen LogP contribution is 2.29. The number of nitrogens with one attached hydrogen (secondary N) is 1. The van der Waals surface area contributed by atoms with E-state index in [1.165, 1.54) is 25.9 Å². The summed E-state index contributed by atoms with van der Waals surface area (Å²) in [5.74, 6) is 0.765. The average molecular weight is 263 g/mol. The van der Waals surface area contributed by atoms with E-state index in [1.54, 1.807) is 0 Å². The zero-order chi connectivity index (χ0) is 13.7. The first-order chi connectivity index (χ1) is 9.16. The summed E-state index contributed by atoms with van der Waals surface area (Å²) in [6.07, 6.45) is 2.81. The quantitative estimate of drug-likeness (QED) is 0.775. The summed E-state index contributed by atoms with van der Waals surface area (Å²) in [7, 11) is 0. The smallest absolute Gasteiger partial charge is 0.144 e. The maximum absolute atomic E-state index is 6.12. The normalized spacial score (nSPS) is 15.9. The average Bonchev–Trinajstić information content (AvgIpc) is 2.86. The molecule has 0 spiro atoms. The molecule has 1 aromatic carbocycles. The number of nitrogens with zero attached hydrogens (tertiary/aromatic N) is 1. The molecule has 106 valence electrons. The van der Waals surface area contributed by atoms with Gasteiger partial charge in [-0.3, -0.25) is 0 Å². The van der Waals surface area contributed by atoms with E-state index in [9.17, 15) is 0 Å². The largest absolute Gasteiger partial charge is 0.489 e. The number of nitrogen functional groups attached to an aromatic ring is 1. The van der Waals surface area contributed by atoms with Crippen molar-refractivity contribution in [1.82, 2.24) is 4.90 Å². The number of para-hydroxylation sites is 1. The van der Waals surface area contributed by atoms with Gasteiger partial charge in [0.15, 0.2) is 0 Å². The SMILES string of the molecule is CC(C)Oc1cccc(NCCN2CCCC2)c1N. The van der Waals surface area contributed by atoms with Crippen LogP contribution in [0.3, 0.4) is 0 Å². The number of benzene rings is 1. The van der Waals surface area contributed by atoms with Gasteiger partial charge in [0.1, 0.15) is 5.75 Å². The van der Waals surface area contributed by atoms with Crippen molar-refractivity contribution in [3.63, 3.8) is 0 Å². The molecule has 0 atom stereocenters. The number of rotatable bonds is 6. The van der Waals surface area contributed by atoms with Gasteiger partial charge in [-0.15, -0.1) is 0 Å². The molecule has 1 fully saturated rings. The third-order valence-electron chi connectivity index (χ3n) is 3.37. The lowest BCUT2D eigenvalue weighted by Crippen LogP contribution is -2.26. The summed E-state index contributed by atoms with van der Waals surface area (Å²) >= 11 is 0. The lowest BCUT2D eigenvalue weighted by molar-refractivity contribution is 0.244. The fraction of sp³-hybridized carbons (Fsp3) is 0.600. The van der Waals surface area contributed by atoms with Crippen LogP contribution in [0.5, 0.6) is 5.75 Å². The van der Waals surface area contributed by atoms with E-state index in [2.05, 4.69) is 10.2 Å². The second-order valence-electron chi connectivity index (χ2n) is 5.36. The van der Waals surface area contributed by atoms with E-state index in [0.29, 0.717) is 5.69 Å². The van der Waals surface area contributed by atoms with E-state index >= 15 is 0 Å². The van der Waals surface area contributed by atoms with Gasteiger partial charge >= 0.3 is 0 Å². The Morgan fingerprint density at radius 3 is 2.74 bits per heavy atom. The van der Waals surface area contributed by atoms with Crippen molar-refractivity contribution < 1.29 is 4.74 Å². The van der Waals surface area contributed by atoms with Crippen molar-refractivity contribution in [3.8, 4) is 5.75 Å². The molecule has 0 radical (unpaired) electrons. The summed E-state index contributed by atoms with van der Waals surface area (Å²) in [6.45, 7) is 8.48. The molecule has 1 heterocycles. The highest BCUT2D eigenvalue weighted by atomic mass is 16.5. The zero-order valence-corrected chi connectivity index (χ0v) is 12.0. The van der Waals surface area contributed by atoms with Gasteiger partial charge in [-0.05, 0) is 51.9 Å². The summed E-state index contributed by atoms with van der Waals surface area (Å²) in [4.78, 5) is 2.48. The van der Waals surface area contributed by atoms with Crippen LogP contribution in [0.2, 0.25) is 0 Å². The predicted molar refractivity (Wildman–Crippen MR) is 80.8 cm³/mol. The maximum atomic E-state index is 6.12. The van der Waals surface area contributed by atoms with Crippen molar-refractivity contribution in [2.24, 2.45) is 0 Å². The molecule has 1 saturated heterocycles. The minimum Gasteiger partial charge on any atom is -0.489 e. The van der Waals surface area contributed by atoms with Crippen LogP contribution in [0, 0.1) is 0 Å². The molecule has 0 amide bonds. The summed E-state index contributed by atoms with van der Waals surface area (Å²) < 4.78 is 5.69. The second kappa shape index (κ2) is 6.66. The number of ether oxygens (including phenoxy) is 1. The first-order valence-corrected chi connectivity index (χ1v) is 7.18. The molecule has 1 aliphatic rings. The maximum Gasteiger partial charge on any atom is 0.144 e. The Bertz CT molecular complexity index is 400. The minimum absolute atomic E-state index is 0.141. The van der Waals surface area contributed by atoms with Crippen molar-refractivity contribution in [2.75, 3.05) is 37.2 Å². The Kier molecular flexibility index (Phi) is 4.91. The molecular weight excluding hydrogens is 238 g/mol. The fourth-order valence-electron chi connectivity index (χ4n) is 2.41. The van der Waals surface area contributed by atoms with Crippen LogP contribution in [0.1, 0.15) is 26.7 Å². The number of nitrogens with two attached hydrogens (primary N) is 1. The number of hydrogen-bond acceptors (Lipinski definition) is 4. The molecule has 0 aromatic heterocycles. The van der Waals surface area contributed by atoms with E-state index in [0.717, 1.165) is 24.5 Å². The van der Waals surface area contributed by atoms with Gasteiger partial charge in [-0.1, -0.05) is 6.07 Å². The van der Waals surface area contributed by atoms with Crippen molar-refractivity contribution in [2.45, 2.75) is 32.8 Å². The van der Waals surface area contributed by atoms with Gasteiger partial charge in [0.25, 0.3) is 0 Å². The molecule has 2 rings (SSSR count). The van der Waals surface area contributed by atoms with Crippen LogP contribution in [0.25, 0.3) is 0 Å². The molecular formula is C15H25N3O. The van der Waals surface area contributed by atoms with E-state index < -0.39 is 0 Å². The Balaban J connectivity index is 1.88. The molecule has 19 heavy (non-hydrogen) atoms. The van der Waals surface area contributed by atoms with Crippen LogP contribution >= 0.6 is 0 Å². The van der Waals surface area contributed by atoms with Crippen LogP contribution < -0.4 is 15.8 Å². The predicted octanol–water partition coefficient (Wildman–Crippen LogP) is 2.56. The Morgan fingerprint density at radius 1 is 1.32 bits per heavy atom. The third kappa shape index (κ3) is 4.03. The van der Waals surface area contributed by atoms with Gasteiger partial charge in [0.2, 0.25) is 0 Å². The Morgan fingerprint density at radius 2 is 2.05 bits per heavy atom. The number of likely N-dealkylation sites (tertiary alicyclic amines) is 1. The zero-order valence-electron chi connectivity index (χ0n) is 12.0. The molecule has 0 saturated carbocycles. The third-order valence-corrected chi connectivity index (χ3v) is 3.37. The van der Waals surface area contributed by atoms with Crippen molar-refractivity contribution >= 4 is 11.4 Å². The second-order valence-corrected chi connectivity index (χ2v) is 5.36. The summed E-state index contributed by atoms with van der Waals surface area (Å²) in [5, 5.41) is 3.41. The van der Waals surface area contributed by atoms with Crippen LogP contribution in [-0.4, -0.2) is 37.2 Å². The molecule has 1 aromatic rings. The van der Waals surface area contributed by atoms with Crippen molar-refractivity contribution in [3.05, 3.63) is 18.2 Å². The van der Waals surface area contributed by atoms with E-state index in [-0.39, 0.29) is 6.10 Å². The van der Waals surface area contributed by atoms with Crippen LogP contribution in [0.15, 0.2) is 18.2 Å². The van der Waals surface area contributed by atoms with E-state index in [4.69, 9.17) is 10.5 Å². The molecule has 4 nitrogen and oxygen atoms in total. The van der Waals surface area contributed by atoms with Gasteiger partial charge in [0.05, 0.1) is 17.5 Å². The highest BCUT2D eigenvalue weighted by Gasteiger charge is 2.11. The van der Waals surface area contributed by atoms with Crippen molar-refractivity contribution in [1.29, 1.82) is 0 Å². The van der Waals surface area contributed by atoms with Gasteiger partial charge in [0, 0.05) is 13.1 Å². The number of anilines is 2. The first kappa shape index (κ1) is 14.0. The van der Waals surface area contributed by atoms with Crippen LogP contribution in [-0.2, 0) is 0 Å². The highest BCUT2D eigenvalue weighted by molar-refractivity contribution is 5.72. The van der Waals surface area contributed by atoms with Crippen LogP contribution in [0.4, 0.5) is 11.4 Å². The van der Waals surface area contributed by atoms with Gasteiger partial charge in [-0.2, -0.15) is 0 Å². The molecule has 3 N–H and O–H groups in total. The summed E-state index contributed by atoms with van der Waals surface area (Å²) in [5.41, 5.74) is 7.80. The Hall–Kier alpha value is -1.42. The fourth-order valence-corrected chi connectivity index (χ4v) is 2.41. The molecule has 4 heteroatoms. The number of hydrogen-bond donors (Lipinski definition) is 2. The molecule has 0 bridgehead atoms. The van der Waals surface area contributed by atoms with Gasteiger partial charge < -0.3 is 20.7 Å². The van der Waals surface area contributed by atoms with Gasteiger partial charge in [-0.25, -0.2) is 0 Å². The molecule has 1 aliphatic heterocycles. The lowest BCUT2D eigenvalue weighted by Gasteiger charge is -2.18. The van der Waals surface area contributed by atoms with E-state index in [1.807, 2.05) is 32.0 Å². The topological polar surface area (TPSA) is 50.5 Å².